The number of esters is 1. The molecule has 1 aliphatic heterocycles. The van der Waals surface area contributed by atoms with Crippen LogP contribution in [0.1, 0.15) is 52.4 Å². The summed E-state index contributed by atoms with van der Waals surface area (Å²) in [6.07, 6.45) is 7.91. The number of hydrogen-bond acceptors (Lipinski definition) is 4. The predicted octanol–water partition coefficient (Wildman–Crippen LogP) is 2.74. The average molecular weight is 344 g/mol. The van der Waals surface area contributed by atoms with Gasteiger partial charge in [0.2, 0.25) is 0 Å². The number of hydrogen-bond donors (Lipinski definition) is 2. The van der Waals surface area contributed by atoms with Crippen LogP contribution in [0.15, 0.2) is 23.3 Å². The third kappa shape index (κ3) is 1.73. The molecule has 0 amide bonds. The van der Waals surface area contributed by atoms with Gasteiger partial charge in [-0.2, -0.15) is 0 Å². The summed E-state index contributed by atoms with van der Waals surface area (Å²) in [4.78, 5) is 13.0. The molecule has 0 unspecified atom stereocenters. The third-order valence-electron chi connectivity index (χ3n) is 8.56. The number of rotatable bonds is 0. The molecule has 25 heavy (non-hydrogen) atoms. The quantitative estimate of drug-likeness (QED) is 0.524. The molecule has 0 aromatic rings. The van der Waals surface area contributed by atoms with E-state index in [-0.39, 0.29) is 17.3 Å². The fourth-order valence-corrected chi connectivity index (χ4v) is 7.40. The van der Waals surface area contributed by atoms with Gasteiger partial charge in [0.1, 0.15) is 18.3 Å². The number of carbonyl (C=O) groups excluding carboxylic acids is 1. The van der Waals surface area contributed by atoms with Crippen molar-refractivity contribution in [3.8, 4) is 0 Å². The molecule has 3 saturated carbocycles. The molecule has 4 aliphatic carbocycles. The lowest BCUT2D eigenvalue weighted by Gasteiger charge is -2.55. The van der Waals surface area contributed by atoms with Crippen LogP contribution >= 0.6 is 0 Å². The lowest BCUT2D eigenvalue weighted by Crippen LogP contribution is -2.56. The Morgan fingerprint density at radius 3 is 2.84 bits per heavy atom. The maximum Gasteiger partial charge on any atom is 0.317 e. The molecular weight excluding hydrogens is 316 g/mol. The van der Waals surface area contributed by atoms with Gasteiger partial charge >= 0.3 is 5.97 Å². The van der Waals surface area contributed by atoms with Crippen LogP contribution in [0.2, 0.25) is 0 Å². The first-order valence-electron chi connectivity index (χ1n) is 9.87. The molecule has 5 aliphatic rings. The van der Waals surface area contributed by atoms with Gasteiger partial charge in [-0.05, 0) is 67.8 Å². The summed E-state index contributed by atoms with van der Waals surface area (Å²) < 4.78 is 5.55. The first-order valence-corrected chi connectivity index (χ1v) is 9.87. The minimum atomic E-state index is -0.975. The lowest BCUT2D eigenvalue weighted by molar-refractivity contribution is -0.153. The highest BCUT2D eigenvalue weighted by molar-refractivity contribution is 5.85. The summed E-state index contributed by atoms with van der Waals surface area (Å²) in [6.45, 7) is 4.58. The van der Waals surface area contributed by atoms with E-state index >= 15 is 0 Å². The maximum atomic E-state index is 13.0. The molecule has 0 aromatic heterocycles. The summed E-state index contributed by atoms with van der Waals surface area (Å²) in [5.41, 5.74) is 1.95. The average Bonchev–Trinajstić information content (AvgIpc) is 3.09. The van der Waals surface area contributed by atoms with Gasteiger partial charge in [0.25, 0.3) is 0 Å². The number of allylic oxidation sites excluding steroid dienone is 3. The number of aliphatic hydroxyl groups is 2. The van der Waals surface area contributed by atoms with Crippen molar-refractivity contribution in [3.63, 3.8) is 0 Å². The number of aliphatic hydroxyl groups excluding tert-OH is 2. The highest BCUT2D eigenvalue weighted by Crippen LogP contribution is 2.67. The van der Waals surface area contributed by atoms with Crippen molar-refractivity contribution in [2.24, 2.45) is 28.6 Å². The molecule has 1 spiro atoms. The molecule has 4 fully saturated rings. The van der Waals surface area contributed by atoms with Crippen LogP contribution in [0, 0.1) is 28.6 Å². The molecule has 2 bridgehead atoms. The van der Waals surface area contributed by atoms with E-state index in [1.807, 2.05) is 0 Å². The molecule has 2 N–H and O–H groups in total. The van der Waals surface area contributed by atoms with Gasteiger partial charge in [0.05, 0.1) is 5.41 Å². The van der Waals surface area contributed by atoms with Gasteiger partial charge in [-0.3, -0.25) is 4.79 Å². The number of fused-ring (bicyclic) bond motifs is 4. The second-order valence-electron chi connectivity index (χ2n) is 9.14. The smallest absolute Gasteiger partial charge is 0.317 e. The molecule has 0 aromatic carbocycles. The van der Waals surface area contributed by atoms with Gasteiger partial charge in [-0.1, -0.05) is 24.6 Å². The Bertz CT molecular complexity index is 694. The maximum absolute atomic E-state index is 13.0. The van der Waals surface area contributed by atoms with Crippen LogP contribution in [0.3, 0.4) is 0 Å². The Morgan fingerprint density at radius 2 is 2.08 bits per heavy atom. The molecule has 136 valence electrons. The van der Waals surface area contributed by atoms with Crippen LogP contribution in [-0.4, -0.2) is 34.5 Å². The van der Waals surface area contributed by atoms with E-state index in [9.17, 15) is 15.0 Å². The van der Waals surface area contributed by atoms with Crippen molar-refractivity contribution < 1.29 is 19.7 Å². The van der Waals surface area contributed by atoms with Gasteiger partial charge in [0.15, 0.2) is 0 Å². The van der Waals surface area contributed by atoms with Gasteiger partial charge in [0, 0.05) is 6.42 Å². The van der Waals surface area contributed by atoms with E-state index in [1.54, 1.807) is 5.57 Å². The fourth-order valence-electron chi connectivity index (χ4n) is 7.40. The fraction of sp³-hybridized carbons (Fsp3) is 0.762. The van der Waals surface area contributed by atoms with Crippen LogP contribution in [0.4, 0.5) is 0 Å². The van der Waals surface area contributed by atoms with Gasteiger partial charge in [-0.25, -0.2) is 0 Å². The summed E-state index contributed by atoms with van der Waals surface area (Å²) in [7, 11) is 0. The summed E-state index contributed by atoms with van der Waals surface area (Å²) in [5, 5.41) is 20.9. The van der Waals surface area contributed by atoms with Crippen molar-refractivity contribution in [1.29, 1.82) is 0 Å². The van der Waals surface area contributed by atoms with Crippen molar-refractivity contribution in [2.45, 2.75) is 70.7 Å². The van der Waals surface area contributed by atoms with Gasteiger partial charge < -0.3 is 14.9 Å². The largest absolute Gasteiger partial charge is 0.459 e. The molecule has 1 heterocycles. The monoisotopic (exact) mass is 344 g/mol. The Labute approximate surface area is 148 Å². The van der Waals surface area contributed by atoms with E-state index in [0.717, 1.165) is 24.8 Å². The van der Waals surface area contributed by atoms with Crippen molar-refractivity contribution in [2.75, 3.05) is 0 Å². The number of ether oxygens (including phenoxy) is 1. The molecule has 4 heteroatoms. The zero-order chi connectivity index (χ0) is 17.6. The Balaban J connectivity index is 1.60. The molecule has 1 saturated heterocycles. The normalized spacial score (nSPS) is 55.3. The predicted molar refractivity (Wildman–Crippen MR) is 92.4 cm³/mol. The Kier molecular flexibility index (Phi) is 3.20. The first kappa shape index (κ1) is 16.1. The molecule has 8 atom stereocenters. The minimum Gasteiger partial charge on any atom is -0.459 e. The second-order valence-corrected chi connectivity index (χ2v) is 9.14. The van der Waals surface area contributed by atoms with Crippen LogP contribution < -0.4 is 0 Å². The Hall–Kier alpha value is -1.13. The molecule has 4 nitrogen and oxygen atoms in total. The topological polar surface area (TPSA) is 66.8 Å². The standard InChI is InChI=1S/C21H28O4/c1-3-11-4-6-13-12-5-7-15-17(22)18(23)16-10-21(15,19(24)25-16)14(12)8-9-20(11,13)2/h3,7,12-14,16-18,22-23H,4-6,8-10H2,1-2H3/b11-3+/t12-,13-,14-,16-,17+,18-,20+,21-/m0/s1. The van der Waals surface area contributed by atoms with Crippen LogP contribution in [0.5, 0.6) is 0 Å². The third-order valence-corrected chi connectivity index (χ3v) is 8.56. The highest BCUT2D eigenvalue weighted by Gasteiger charge is 2.68. The molecule has 5 rings (SSSR count). The van der Waals surface area contributed by atoms with E-state index < -0.39 is 23.7 Å². The highest BCUT2D eigenvalue weighted by atomic mass is 16.6. The zero-order valence-electron chi connectivity index (χ0n) is 15.1. The molecular formula is C21H28O4. The minimum absolute atomic E-state index is 0.193. The number of carbonyl (C=O) groups is 1. The van der Waals surface area contributed by atoms with Crippen molar-refractivity contribution >= 4 is 5.97 Å². The molecule has 0 radical (unpaired) electrons. The summed E-state index contributed by atoms with van der Waals surface area (Å²) in [6, 6.07) is 0. The van der Waals surface area contributed by atoms with E-state index in [1.165, 1.54) is 12.8 Å². The lowest BCUT2D eigenvalue weighted by atomic mass is 9.47. The summed E-state index contributed by atoms with van der Waals surface area (Å²) >= 11 is 0. The zero-order valence-corrected chi connectivity index (χ0v) is 15.1. The van der Waals surface area contributed by atoms with Crippen molar-refractivity contribution in [3.05, 3.63) is 23.3 Å². The van der Waals surface area contributed by atoms with E-state index in [4.69, 9.17) is 4.74 Å². The SMILES string of the molecule is C/C=C1\CC[C@H]2[C@@H]3CC=C4[C@@H](O)[C@@H](O)[C@@H]5C[C@]4(C(=O)O5)[C@H]3CC[C@]12C. The van der Waals surface area contributed by atoms with Crippen molar-refractivity contribution in [1.82, 2.24) is 0 Å². The summed E-state index contributed by atoms with van der Waals surface area (Å²) in [5.74, 6) is 1.15. The Morgan fingerprint density at radius 1 is 1.28 bits per heavy atom. The second kappa shape index (κ2) is 4.98. The van der Waals surface area contributed by atoms with E-state index in [2.05, 4.69) is 26.0 Å². The first-order chi connectivity index (χ1) is 11.9. The van der Waals surface area contributed by atoms with E-state index in [0.29, 0.717) is 18.3 Å². The van der Waals surface area contributed by atoms with Gasteiger partial charge in [-0.15, -0.1) is 0 Å². The van der Waals surface area contributed by atoms with Crippen LogP contribution in [0.25, 0.3) is 0 Å². The van der Waals surface area contributed by atoms with Crippen LogP contribution in [-0.2, 0) is 9.53 Å².